The first-order valence-corrected chi connectivity index (χ1v) is 9.49. The van der Waals surface area contributed by atoms with Gasteiger partial charge in [-0.1, -0.05) is 56.3 Å². The minimum Gasteiger partial charge on any atom is -0.497 e. The second kappa shape index (κ2) is 9.15. The topological polar surface area (TPSA) is 59.6 Å². The van der Waals surface area contributed by atoms with Crippen molar-refractivity contribution in [3.8, 4) is 17.2 Å². The van der Waals surface area contributed by atoms with Crippen LogP contribution in [0.15, 0.2) is 78.9 Å². The van der Waals surface area contributed by atoms with E-state index in [-0.39, 0.29) is 11.4 Å². The average Bonchev–Trinajstić information content (AvgIpc) is 2.74. The van der Waals surface area contributed by atoms with Gasteiger partial charge in [-0.2, -0.15) is 0 Å². The summed E-state index contributed by atoms with van der Waals surface area (Å²) in [5.41, 5.74) is 1.49. The zero-order valence-corrected chi connectivity index (χ0v) is 16.9. The van der Waals surface area contributed by atoms with Crippen LogP contribution >= 0.6 is 0 Å². The summed E-state index contributed by atoms with van der Waals surface area (Å²) >= 11 is 0. The summed E-state index contributed by atoms with van der Waals surface area (Å²) in [4.78, 5) is 12.5. The van der Waals surface area contributed by atoms with Crippen molar-refractivity contribution in [3.63, 3.8) is 0 Å². The Bertz CT molecular complexity index is 938. The van der Waals surface area contributed by atoms with Gasteiger partial charge in [-0.25, -0.2) is 4.79 Å². The molecule has 3 rings (SSSR count). The highest BCUT2D eigenvalue weighted by Crippen LogP contribution is 2.29. The van der Waals surface area contributed by atoms with Gasteiger partial charge >= 0.3 is 6.03 Å². The first kappa shape index (κ1) is 20.3. The number of hydrogen-bond donors (Lipinski definition) is 2. The Hall–Kier alpha value is -3.47. The van der Waals surface area contributed by atoms with Crippen LogP contribution in [0.5, 0.6) is 17.2 Å². The fourth-order valence-electron chi connectivity index (χ4n) is 2.89. The minimum absolute atomic E-state index is 0.232. The molecule has 0 spiro atoms. The molecule has 0 saturated carbocycles. The number of rotatable bonds is 7. The Kier molecular flexibility index (Phi) is 6.39. The normalized spacial score (nSPS) is 10.9. The van der Waals surface area contributed by atoms with Crippen molar-refractivity contribution in [1.29, 1.82) is 0 Å². The summed E-state index contributed by atoms with van der Waals surface area (Å²) in [6, 6.07) is 24.4. The lowest BCUT2D eigenvalue weighted by Gasteiger charge is -2.26. The molecule has 5 heteroatoms. The van der Waals surface area contributed by atoms with Crippen molar-refractivity contribution in [2.45, 2.75) is 19.3 Å². The van der Waals surface area contributed by atoms with Gasteiger partial charge in [0, 0.05) is 12.0 Å². The maximum atomic E-state index is 12.5. The molecule has 0 atom stereocenters. The first-order chi connectivity index (χ1) is 14.0. The summed E-state index contributed by atoms with van der Waals surface area (Å²) < 4.78 is 11.1. The largest absolute Gasteiger partial charge is 0.497 e. The second-order valence-electron chi connectivity index (χ2n) is 7.33. The molecule has 0 unspecified atom stereocenters. The van der Waals surface area contributed by atoms with Gasteiger partial charge < -0.3 is 20.1 Å². The lowest BCUT2D eigenvalue weighted by atomic mass is 9.84. The molecule has 150 valence electrons. The third kappa shape index (κ3) is 5.51. The van der Waals surface area contributed by atoms with Crippen molar-refractivity contribution in [1.82, 2.24) is 5.32 Å². The van der Waals surface area contributed by atoms with Crippen molar-refractivity contribution >= 4 is 11.7 Å². The van der Waals surface area contributed by atoms with Crippen LogP contribution in [0, 0.1) is 0 Å². The van der Waals surface area contributed by atoms with E-state index >= 15 is 0 Å². The van der Waals surface area contributed by atoms with Crippen LogP contribution in [0.1, 0.15) is 19.4 Å². The standard InChI is InChI=1S/C24H26N2O3/c1-24(2,18-13-15-19(28-3)16-14-18)17-25-23(27)26-21-11-7-8-12-22(21)29-20-9-5-4-6-10-20/h4-16H,17H2,1-3H3,(H2,25,26,27). The van der Waals surface area contributed by atoms with Crippen molar-refractivity contribution in [2.24, 2.45) is 0 Å². The van der Waals surface area contributed by atoms with Gasteiger partial charge in [0.05, 0.1) is 12.8 Å². The summed E-state index contributed by atoms with van der Waals surface area (Å²) in [5.74, 6) is 2.11. The fourth-order valence-corrected chi connectivity index (χ4v) is 2.89. The molecule has 0 aromatic heterocycles. The zero-order valence-electron chi connectivity index (χ0n) is 16.9. The summed E-state index contributed by atoms with van der Waals surface area (Å²) in [6.45, 7) is 4.65. The second-order valence-corrected chi connectivity index (χ2v) is 7.33. The number of urea groups is 1. The molecular formula is C24H26N2O3. The van der Waals surface area contributed by atoms with Crippen LogP contribution in [0.25, 0.3) is 0 Å². The number of benzene rings is 3. The molecule has 0 aliphatic carbocycles. The van der Waals surface area contributed by atoms with E-state index in [4.69, 9.17) is 9.47 Å². The zero-order chi connectivity index (χ0) is 20.7. The Morgan fingerprint density at radius 1 is 0.862 bits per heavy atom. The number of nitrogens with one attached hydrogen (secondary N) is 2. The van der Waals surface area contributed by atoms with Crippen molar-refractivity contribution < 1.29 is 14.3 Å². The van der Waals surface area contributed by atoms with Gasteiger partial charge in [0.1, 0.15) is 11.5 Å². The molecule has 0 aliphatic rings. The van der Waals surface area contributed by atoms with Gasteiger partial charge in [0.25, 0.3) is 0 Å². The molecule has 5 nitrogen and oxygen atoms in total. The molecule has 3 aromatic rings. The number of anilines is 1. The number of para-hydroxylation sites is 3. The predicted molar refractivity (Wildman–Crippen MR) is 116 cm³/mol. The molecule has 0 aliphatic heterocycles. The third-order valence-corrected chi connectivity index (χ3v) is 4.67. The highest BCUT2D eigenvalue weighted by Gasteiger charge is 2.21. The van der Waals surface area contributed by atoms with E-state index in [0.29, 0.717) is 23.7 Å². The number of carbonyl (C=O) groups is 1. The Labute approximate surface area is 171 Å². The van der Waals surface area contributed by atoms with E-state index in [9.17, 15) is 4.79 Å². The van der Waals surface area contributed by atoms with Gasteiger partial charge in [-0.05, 0) is 42.0 Å². The Morgan fingerprint density at radius 3 is 2.21 bits per heavy atom. The molecule has 29 heavy (non-hydrogen) atoms. The number of methoxy groups -OCH3 is 1. The lowest BCUT2D eigenvalue weighted by molar-refractivity contribution is 0.249. The molecular weight excluding hydrogens is 364 g/mol. The van der Waals surface area contributed by atoms with E-state index in [1.54, 1.807) is 7.11 Å². The van der Waals surface area contributed by atoms with E-state index < -0.39 is 0 Å². The van der Waals surface area contributed by atoms with E-state index in [1.165, 1.54) is 0 Å². The van der Waals surface area contributed by atoms with Crippen molar-refractivity contribution in [3.05, 3.63) is 84.4 Å². The van der Waals surface area contributed by atoms with Crippen LogP contribution in [0.2, 0.25) is 0 Å². The Balaban J connectivity index is 1.62. The molecule has 0 heterocycles. The number of ether oxygens (including phenoxy) is 2. The summed E-state index contributed by atoms with van der Waals surface area (Å²) in [5, 5.41) is 5.83. The predicted octanol–water partition coefficient (Wildman–Crippen LogP) is 5.59. The highest BCUT2D eigenvalue weighted by atomic mass is 16.5. The van der Waals surface area contributed by atoms with Gasteiger partial charge in [-0.3, -0.25) is 0 Å². The smallest absolute Gasteiger partial charge is 0.319 e. The number of amides is 2. The third-order valence-electron chi connectivity index (χ3n) is 4.67. The SMILES string of the molecule is COc1ccc(C(C)(C)CNC(=O)Nc2ccccc2Oc2ccccc2)cc1. The van der Waals surface area contributed by atoms with Crippen molar-refractivity contribution in [2.75, 3.05) is 19.0 Å². The van der Waals surface area contributed by atoms with Crippen LogP contribution in [-0.2, 0) is 5.41 Å². The molecule has 2 N–H and O–H groups in total. The molecule has 0 fully saturated rings. The summed E-state index contributed by atoms with van der Waals surface area (Å²) in [6.07, 6.45) is 0. The summed E-state index contributed by atoms with van der Waals surface area (Å²) in [7, 11) is 1.64. The highest BCUT2D eigenvalue weighted by molar-refractivity contribution is 5.91. The van der Waals surface area contributed by atoms with Crippen LogP contribution in [-0.4, -0.2) is 19.7 Å². The van der Waals surface area contributed by atoms with E-state index in [1.807, 2.05) is 78.9 Å². The van der Waals surface area contributed by atoms with E-state index in [2.05, 4.69) is 24.5 Å². The Morgan fingerprint density at radius 2 is 1.52 bits per heavy atom. The minimum atomic E-state index is -0.282. The average molecular weight is 390 g/mol. The monoisotopic (exact) mass is 390 g/mol. The van der Waals surface area contributed by atoms with E-state index in [0.717, 1.165) is 11.3 Å². The fraction of sp³-hybridized carbons (Fsp3) is 0.208. The lowest BCUT2D eigenvalue weighted by Crippen LogP contribution is -2.39. The molecule has 3 aromatic carbocycles. The quantitative estimate of drug-likeness (QED) is 0.553. The van der Waals surface area contributed by atoms with Gasteiger partial charge in [-0.15, -0.1) is 0 Å². The van der Waals surface area contributed by atoms with Crippen LogP contribution in [0.4, 0.5) is 10.5 Å². The van der Waals surface area contributed by atoms with Crippen LogP contribution in [0.3, 0.4) is 0 Å². The number of carbonyl (C=O) groups excluding carboxylic acids is 1. The van der Waals surface area contributed by atoms with Gasteiger partial charge in [0.15, 0.2) is 5.75 Å². The molecule has 0 radical (unpaired) electrons. The maximum absolute atomic E-state index is 12.5. The number of hydrogen-bond acceptors (Lipinski definition) is 3. The molecule has 0 saturated heterocycles. The molecule has 0 bridgehead atoms. The first-order valence-electron chi connectivity index (χ1n) is 9.49. The molecule has 2 amide bonds. The van der Waals surface area contributed by atoms with Gasteiger partial charge in [0.2, 0.25) is 0 Å². The maximum Gasteiger partial charge on any atom is 0.319 e. The van der Waals surface area contributed by atoms with Crippen LogP contribution < -0.4 is 20.1 Å².